The van der Waals surface area contributed by atoms with E-state index in [1.54, 1.807) is 11.8 Å². The van der Waals surface area contributed by atoms with Crippen molar-refractivity contribution in [2.45, 2.75) is 44.7 Å². The van der Waals surface area contributed by atoms with Gasteiger partial charge in [0.25, 0.3) is 5.91 Å². The minimum Gasteiger partial charge on any atom is -0.490 e. The van der Waals surface area contributed by atoms with Crippen molar-refractivity contribution < 1.29 is 23.1 Å². The Hall–Kier alpha value is -4.04. The molecule has 2 bridgehead atoms. The second-order valence-electron chi connectivity index (χ2n) is 11.1. The van der Waals surface area contributed by atoms with Gasteiger partial charge in [0.1, 0.15) is 5.82 Å². The van der Waals surface area contributed by atoms with E-state index >= 15 is 0 Å². The normalized spacial score (nSPS) is 18.1. The van der Waals surface area contributed by atoms with E-state index < -0.39 is 11.6 Å². The summed E-state index contributed by atoms with van der Waals surface area (Å²) in [6.45, 7) is 3.52. The lowest BCUT2D eigenvalue weighted by molar-refractivity contribution is -0.132. The molecule has 2 aliphatic heterocycles. The Morgan fingerprint density at radius 3 is 2.45 bits per heavy atom. The van der Waals surface area contributed by atoms with Crippen molar-refractivity contribution >= 4 is 17.4 Å². The molecule has 1 N–H and O–H groups in total. The summed E-state index contributed by atoms with van der Waals surface area (Å²) in [5.41, 5.74) is 5.03. The molecule has 2 aliphatic rings. The van der Waals surface area contributed by atoms with E-state index in [4.69, 9.17) is 4.74 Å². The minimum atomic E-state index is -0.580. The number of nitrogens with one attached hydrogen (secondary N) is 1. The number of piperazine rings is 1. The van der Waals surface area contributed by atoms with Crippen LogP contribution in [-0.2, 0) is 22.4 Å². The Balaban J connectivity index is 1.30. The lowest BCUT2D eigenvalue weighted by atomic mass is 9.82. The molecule has 0 aliphatic carbocycles. The number of aryl methyl sites for hydroxylation is 1. The van der Waals surface area contributed by atoms with Crippen LogP contribution in [0.25, 0.3) is 5.57 Å². The molecule has 6 nitrogen and oxygen atoms in total. The van der Waals surface area contributed by atoms with Crippen molar-refractivity contribution in [2.24, 2.45) is 0 Å². The van der Waals surface area contributed by atoms with E-state index in [0.717, 1.165) is 46.9 Å². The van der Waals surface area contributed by atoms with Crippen LogP contribution in [0.5, 0.6) is 5.75 Å². The Labute approximate surface area is 246 Å². The van der Waals surface area contributed by atoms with Gasteiger partial charge in [-0.25, -0.2) is 8.78 Å². The van der Waals surface area contributed by atoms with Gasteiger partial charge in [0, 0.05) is 51.3 Å². The topological polar surface area (TPSA) is 61.9 Å². The third-order valence-electron chi connectivity index (χ3n) is 8.07. The quantitative estimate of drug-likeness (QED) is 0.346. The molecule has 2 unspecified atom stereocenters. The third-order valence-corrected chi connectivity index (χ3v) is 8.07. The molecule has 0 spiro atoms. The van der Waals surface area contributed by atoms with Gasteiger partial charge in [-0.15, -0.1) is 0 Å². The summed E-state index contributed by atoms with van der Waals surface area (Å²) in [4.78, 5) is 29.8. The first-order valence-corrected chi connectivity index (χ1v) is 14.5. The Kier molecular flexibility index (Phi) is 9.32. The fourth-order valence-electron chi connectivity index (χ4n) is 5.79. The van der Waals surface area contributed by atoms with Gasteiger partial charge in [-0.3, -0.25) is 9.59 Å². The van der Waals surface area contributed by atoms with Gasteiger partial charge in [-0.1, -0.05) is 54.6 Å². The maximum Gasteiger partial charge on any atom is 0.251 e. The molecule has 220 valence electrons. The van der Waals surface area contributed by atoms with Crippen molar-refractivity contribution in [1.82, 2.24) is 15.1 Å². The predicted octanol–water partition coefficient (Wildman–Crippen LogP) is 5.02. The number of carbonyl (C=O) groups is 2. The van der Waals surface area contributed by atoms with Crippen molar-refractivity contribution in [3.63, 3.8) is 0 Å². The SMILES string of the molecule is CC(=O)N1CC2CC(c3ccc(CCCOc4cc(F)ccc4F)cc3)=C(C(=O)N(C)CCc3ccccc3)C(C1)N2. The molecular formula is C34H37F2N3O3. The molecule has 3 aromatic rings. The number of ether oxygens (including phenoxy) is 1. The molecular weight excluding hydrogens is 536 g/mol. The van der Waals surface area contributed by atoms with Crippen molar-refractivity contribution in [2.75, 3.05) is 33.3 Å². The molecule has 3 aromatic carbocycles. The number of carbonyl (C=O) groups excluding carboxylic acids is 2. The van der Waals surface area contributed by atoms with Gasteiger partial charge in [-0.2, -0.15) is 0 Å². The predicted molar refractivity (Wildman–Crippen MR) is 159 cm³/mol. The number of benzene rings is 3. The fraction of sp³-hybridized carbons (Fsp3) is 0.353. The number of rotatable bonds is 10. The minimum absolute atomic E-state index is 0.0203. The Morgan fingerprint density at radius 1 is 0.976 bits per heavy atom. The number of amides is 2. The molecule has 2 atom stereocenters. The molecule has 8 heteroatoms. The Bertz CT molecular complexity index is 1440. The van der Waals surface area contributed by atoms with Crippen LogP contribution in [0.3, 0.4) is 0 Å². The number of fused-ring (bicyclic) bond motifs is 2. The zero-order chi connectivity index (χ0) is 29.6. The van der Waals surface area contributed by atoms with Crippen molar-refractivity contribution in [3.05, 3.63) is 107 Å². The van der Waals surface area contributed by atoms with E-state index in [1.165, 1.54) is 5.56 Å². The number of halogens is 2. The van der Waals surface area contributed by atoms with E-state index in [0.29, 0.717) is 38.9 Å². The van der Waals surface area contributed by atoms with Gasteiger partial charge in [0.05, 0.1) is 12.6 Å². The monoisotopic (exact) mass is 573 g/mol. The number of likely N-dealkylation sites (N-methyl/N-ethyl adjacent to an activating group) is 1. The highest BCUT2D eigenvalue weighted by Crippen LogP contribution is 2.34. The van der Waals surface area contributed by atoms with Crippen LogP contribution >= 0.6 is 0 Å². The summed E-state index contributed by atoms with van der Waals surface area (Å²) in [7, 11) is 1.84. The summed E-state index contributed by atoms with van der Waals surface area (Å²) >= 11 is 0. The highest BCUT2D eigenvalue weighted by atomic mass is 19.1. The molecule has 2 heterocycles. The van der Waals surface area contributed by atoms with E-state index in [9.17, 15) is 18.4 Å². The molecule has 0 saturated carbocycles. The van der Waals surface area contributed by atoms with E-state index in [-0.39, 0.29) is 36.3 Å². The average Bonchev–Trinajstić information content (AvgIpc) is 2.99. The summed E-state index contributed by atoms with van der Waals surface area (Å²) in [6, 6.07) is 21.3. The first kappa shape index (κ1) is 29.5. The maximum atomic E-state index is 13.9. The number of hydrogen-bond acceptors (Lipinski definition) is 4. The fourth-order valence-corrected chi connectivity index (χ4v) is 5.79. The summed E-state index contributed by atoms with van der Waals surface area (Å²) < 4.78 is 32.6. The standard InChI is InChI=1S/C34H37F2N3O3/c1-23(40)39-21-28-20-29(33(31(22-39)37-28)34(41)38(2)17-16-24-7-4-3-5-8-24)26-12-10-25(11-13-26)9-6-18-42-32-19-27(35)14-15-30(32)36/h3-5,7-8,10-15,19,28,31,37H,6,9,16-18,20-22H2,1-2H3. The van der Waals surface area contributed by atoms with Crippen molar-refractivity contribution in [3.8, 4) is 5.75 Å². The van der Waals surface area contributed by atoms with Crippen LogP contribution in [0.2, 0.25) is 0 Å². The van der Waals surface area contributed by atoms with Gasteiger partial charge in [0.15, 0.2) is 11.6 Å². The second-order valence-corrected chi connectivity index (χ2v) is 11.1. The Morgan fingerprint density at radius 2 is 1.71 bits per heavy atom. The highest BCUT2D eigenvalue weighted by molar-refractivity contribution is 6.03. The molecule has 0 aromatic heterocycles. The average molecular weight is 574 g/mol. The second kappa shape index (κ2) is 13.3. The van der Waals surface area contributed by atoms with Gasteiger partial charge in [-0.05, 0) is 60.1 Å². The van der Waals surface area contributed by atoms with Crippen LogP contribution in [0.1, 0.15) is 36.5 Å². The lowest BCUT2D eigenvalue weighted by Gasteiger charge is -2.44. The summed E-state index contributed by atoms with van der Waals surface area (Å²) in [5, 5.41) is 3.60. The van der Waals surface area contributed by atoms with Crippen LogP contribution in [0.15, 0.2) is 78.4 Å². The molecule has 1 saturated heterocycles. The molecule has 42 heavy (non-hydrogen) atoms. The van der Waals surface area contributed by atoms with E-state index in [1.807, 2.05) is 42.3 Å². The van der Waals surface area contributed by atoms with Crippen LogP contribution in [0, 0.1) is 11.6 Å². The smallest absolute Gasteiger partial charge is 0.251 e. The highest BCUT2D eigenvalue weighted by Gasteiger charge is 2.39. The van der Waals surface area contributed by atoms with Crippen LogP contribution in [0.4, 0.5) is 8.78 Å². The number of nitrogens with zero attached hydrogens (tertiary/aromatic N) is 2. The largest absolute Gasteiger partial charge is 0.490 e. The van der Waals surface area contributed by atoms with E-state index in [2.05, 4.69) is 29.6 Å². The third kappa shape index (κ3) is 7.05. The first-order valence-electron chi connectivity index (χ1n) is 14.5. The molecule has 2 amide bonds. The molecule has 0 radical (unpaired) electrons. The van der Waals surface area contributed by atoms with Gasteiger partial charge < -0.3 is 19.9 Å². The van der Waals surface area contributed by atoms with Crippen LogP contribution in [-0.4, -0.2) is 67.0 Å². The van der Waals surface area contributed by atoms with Gasteiger partial charge >= 0.3 is 0 Å². The number of hydrogen-bond donors (Lipinski definition) is 1. The maximum absolute atomic E-state index is 13.9. The van der Waals surface area contributed by atoms with Gasteiger partial charge in [0.2, 0.25) is 5.91 Å². The lowest BCUT2D eigenvalue weighted by Crippen LogP contribution is -2.61. The molecule has 1 fully saturated rings. The summed E-state index contributed by atoms with van der Waals surface area (Å²) in [5.74, 6) is -1.19. The zero-order valence-electron chi connectivity index (χ0n) is 24.1. The zero-order valence-corrected chi connectivity index (χ0v) is 24.1. The van der Waals surface area contributed by atoms with Crippen LogP contribution < -0.4 is 10.1 Å². The van der Waals surface area contributed by atoms with Crippen molar-refractivity contribution in [1.29, 1.82) is 0 Å². The first-order chi connectivity index (χ1) is 20.3. The summed E-state index contributed by atoms with van der Waals surface area (Å²) in [6.07, 6.45) is 2.77. The molecule has 5 rings (SSSR count).